The Morgan fingerprint density at radius 2 is 2.10 bits per heavy atom. The molecule has 0 aromatic heterocycles. The third kappa shape index (κ3) is 4.22. The van der Waals surface area contributed by atoms with Crippen LogP contribution in [0, 0.1) is 5.92 Å². The van der Waals surface area contributed by atoms with Crippen LogP contribution >= 0.6 is 0 Å². The zero-order valence-corrected chi connectivity index (χ0v) is 12.8. The van der Waals surface area contributed by atoms with E-state index in [1.807, 2.05) is 12.1 Å². The first-order valence-electron chi connectivity index (χ1n) is 7.88. The molecule has 1 aromatic rings. The van der Waals surface area contributed by atoms with E-state index in [9.17, 15) is 0 Å². The third-order valence-electron chi connectivity index (χ3n) is 4.41. The van der Waals surface area contributed by atoms with Crippen molar-refractivity contribution >= 4 is 5.69 Å². The van der Waals surface area contributed by atoms with Crippen molar-refractivity contribution in [3.8, 4) is 0 Å². The Labute approximate surface area is 122 Å². The van der Waals surface area contributed by atoms with Crippen LogP contribution in [-0.2, 0) is 4.74 Å². The molecule has 2 rings (SSSR count). The first kappa shape index (κ1) is 15.3. The Morgan fingerprint density at radius 1 is 1.35 bits per heavy atom. The molecule has 0 aliphatic carbocycles. The summed E-state index contributed by atoms with van der Waals surface area (Å²) in [5, 5.41) is 3.60. The van der Waals surface area contributed by atoms with Crippen LogP contribution in [0.4, 0.5) is 5.69 Å². The molecule has 3 atom stereocenters. The minimum atomic E-state index is 0.469. The van der Waals surface area contributed by atoms with Gasteiger partial charge in [-0.3, -0.25) is 0 Å². The monoisotopic (exact) mass is 276 g/mol. The van der Waals surface area contributed by atoms with Crippen molar-refractivity contribution < 1.29 is 4.74 Å². The summed E-state index contributed by atoms with van der Waals surface area (Å²) < 4.78 is 5.72. The number of nitrogens with one attached hydrogen (secondary N) is 1. The van der Waals surface area contributed by atoms with Crippen molar-refractivity contribution in [3.63, 3.8) is 0 Å². The normalized spacial score (nSPS) is 23.9. The van der Waals surface area contributed by atoms with E-state index in [0.717, 1.165) is 38.2 Å². The lowest BCUT2D eigenvalue weighted by Crippen LogP contribution is -2.29. The fourth-order valence-corrected chi connectivity index (χ4v) is 2.97. The second kappa shape index (κ2) is 7.65. The molecule has 1 aliphatic heterocycles. The largest absolute Gasteiger partial charge is 0.399 e. The van der Waals surface area contributed by atoms with Crippen LogP contribution in [-0.4, -0.2) is 25.8 Å². The summed E-state index contributed by atoms with van der Waals surface area (Å²) in [7, 11) is 0. The van der Waals surface area contributed by atoms with Gasteiger partial charge in [0.15, 0.2) is 0 Å². The van der Waals surface area contributed by atoms with Gasteiger partial charge >= 0.3 is 0 Å². The fourth-order valence-electron chi connectivity index (χ4n) is 2.97. The van der Waals surface area contributed by atoms with Gasteiger partial charge in [-0.2, -0.15) is 0 Å². The van der Waals surface area contributed by atoms with Crippen molar-refractivity contribution in [2.24, 2.45) is 5.92 Å². The summed E-state index contributed by atoms with van der Waals surface area (Å²) in [6, 6.07) is 8.25. The van der Waals surface area contributed by atoms with Crippen LogP contribution in [0.25, 0.3) is 0 Å². The standard InChI is InChI=1S/C17H28N2O/c1-3-17-15(9-11-20-17)12-19-10-8-13(2)14-4-6-16(18)7-5-14/h4-7,13,15,17,19H,3,8-12,18H2,1-2H3. The number of anilines is 1. The van der Waals surface area contributed by atoms with E-state index in [1.165, 1.54) is 12.0 Å². The van der Waals surface area contributed by atoms with Gasteiger partial charge in [0.2, 0.25) is 0 Å². The van der Waals surface area contributed by atoms with E-state index in [1.54, 1.807) is 0 Å². The number of benzene rings is 1. The van der Waals surface area contributed by atoms with Gasteiger partial charge in [-0.1, -0.05) is 26.0 Å². The summed E-state index contributed by atoms with van der Waals surface area (Å²) in [6.45, 7) is 7.59. The highest BCUT2D eigenvalue weighted by atomic mass is 16.5. The number of rotatable bonds is 7. The van der Waals surface area contributed by atoms with Crippen LogP contribution in [0.2, 0.25) is 0 Å². The molecular formula is C17H28N2O. The number of nitrogen functional groups attached to an aromatic ring is 1. The third-order valence-corrected chi connectivity index (χ3v) is 4.41. The van der Waals surface area contributed by atoms with Crippen molar-refractivity contribution in [2.45, 2.75) is 45.1 Å². The number of nitrogens with two attached hydrogens (primary N) is 1. The molecule has 0 bridgehead atoms. The SMILES string of the molecule is CCC1OCCC1CNCCC(C)c1ccc(N)cc1. The topological polar surface area (TPSA) is 47.3 Å². The Bertz CT molecular complexity index is 390. The average Bonchev–Trinajstić information content (AvgIpc) is 2.91. The lowest BCUT2D eigenvalue weighted by molar-refractivity contribution is 0.0873. The molecule has 112 valence electrons. The highest BCUT2D eigenvalue weighted by Crippen LogP contribution is 2.23. The number of ether oxygens (including phenoxy) is 1. The van der Waals surface area contributed by atoms with Crippen LogP contribution in [0.5, 0.6) is 0 Å². The summed E-state index contributed by atoms with van der Waals surface area (Å²) in [5.74, 6) is 1.27. The molecule has 3 nitrogen and oxygen atoms in total. The molecule has 1 saturated heterocycles. The second-order valence-corrected chi connectivity index (χ2v) is 5.93. The summed E-state index contributed by atoms with van der Waals surface area (Å²) in [6.07, 6.45) is 3.97. The molecule has 1 heterocycles. The maximum Gasteiger partial charge on any atom is 0.0613 e. The molecule has 1 aromatic carbocycles. The Hall–Kier alpha value is -1.06. The smallest absolute Gasteiger partial charge is 0.0613 e. The van der Waals surface area contributed by atoms with Gasteiger partial charge < -0.3 is 15.8 Å². The molecule has 0 radical (unpaired) electrons. The number of hydrogen-bond donors (Lipinski definition) is 2. The average molecular weight is 276 g/mol. The van der Waals surface area contributed by atoms with E-state index in [4.69, 9.17) is 10.5 Å². The van der Waals surface area contributed by atoms with Gasteiger partial charge in [-0.05, 0) is 55.3 Å². The van der Waals surface area contributed by atoms with Crippen LogP contribution in [0.3, 0.4) is 0 Å². The first-order chi connectivity index (χ1) is 9.70. The van der Waals surface area contributed by atoms with Gasteiger partial charge in [0.05, 0.1) is 6.10 Å². The van der Waals surface area contributed by atoms with Crippen LogP contribution in [0.1, 0.15) is 44.6 Å². The molecule has 0 amide bonds. The van der Waals surface area contributed by atoms with E-state index in [0.29, 0.717) is 17.9 Å². The summed E-state index contributed by atoms with van der Waals surface area (Å²) in [4.78, 5) is 0. The Balaban J connectivity index is 1.66. The minimum absolute atomic E-state index is 0.469. The lowest BCUT2D eigenvalue weighted by Gasteiger charge is -2.18. The molecule has 1 aliphatic rings. The lowest BCUT2D eigenvalue weighted by atomic mass is 9.97. The fraction of sp³-hybridized carbons (Fsp3) is 0.647. The molecule has 1 fully saturated rings. The predicted octanol–water partition coefficient (Wildman–Crippen LogP) is 3.17. The quantitative estimate of drug-likeness (QED) is 0.594. The van der Waals surface area contributed by atoms with Gasteiger partial charge in [-0.15, -0.1) is 0 Å². The van der Waals surface area contributed by atoms with E-state index >= 15 is 0 Å². The van der Waals surface area contributed by atoms with Gasteiger partial charge in [0, 0.05) is 18.8 Å². The molecule has 0 spiro atoms. The van der Waals surface area contributed by atoms with E-state index < -0.39 is 0 Å². The molecule has 3 heteroatoms. The molecule has 0 saturated carbocycles. The van der Waals surface area contributed by atoms with Crippen molar-refractivity contribution in [1.82, 2.24) is 5.32 Å². The zero-order chi connectivity index (χ0) is 14.4. The highest BCUT2D eigenvalue weighted by molar-refractivity contribution is 5.40. The van der Waals surface area contributed by atoms with Crippen LogP contribution < -0.4 is 11.1 Å². The molecule has 3 unspecified atom stereocenters. The second-order valence-electron chi connectivity index (χ2n) is 5.93. The predicted molar refractivity (Wildman–Crippen MR) is 84.9 cm³/mol. The van der Waals surface area contributed by atoms with Crippen LogP contribution in [0.15, 0.2) is 24.3 Å². The zero-order valence-electron chi connectivity index (χ0n) is 12.8. The van der Waals surface area contributed by atoms with Gasteiger partial charge in [0.25, 0.3) is 0 Å². The Kier molecular flexibility index (Phi) is 5.86. The minimum Gasteiger partial charge on any atom is -0.399 e. The summed E-state index contributed by atoms with van der Waals surface area (Å²) in [5.41, 5.74) is 7.93. The van der Waals surface area contributed by atoms with Crippen molar-refractivity contribution in [2.75, 3.05) is 25.4 Å². The molecule has 20 heavy (non-hydrogen) atoms. The summed E-state index contributed by atoms with van der Waals surface area (Å²) >= 11 is 0. The van der Waals surface area contributed by atoms with Gasteiger partial charge in [-0.25, -0.2) is 0 Å². The molecule has 3 N–H and O–H groups in total. The van der Waals surface area contributed by atoms with Gasteiger partial charge in [0.1, 0.15) is 0 Å². The first-order valence-corrected chi connectivity index (χ1v) is 7.88. The number of hydrogen-bond acceptors (Lipinski definition) is 3. The Morgan fingerprint density at radius 3 is 2.80 bits per heavy atom. The highest BCUT2D eigenvalue weighted by Gasteiger charge is 2.25. The van der Waals surface area contributed by atoms with Crippen molar-refractivity contribution in [3.05, 3.63) is 29.8 Å². The van der Waals surface area contributed by atoms with E-state index in [-0.39, 0.29) is 0 Å². The van der Waals surface area contributed by atoms with E-state index in [2.05, 4.69) is 31.3 Å². The van der Waals surface area contributed by atoms with Crippen molar-refractivity contribution in [1.29, 1.82) is 0 Å². The molecular weight excluding hydrogens is 248 g/mol. The maximum atomic E-state index is 5.72. The maximum absolute atomic E-state index is 5.72.